The third-order valence-corrected chi connectivity index (χ3v) is 4.13. The van der Waals surface area contributed by atoms with Gasteiger partial charge in [-0.25, -0.2) is 4.39 Å². The summed E-state index contributed by atoms with van der Waals surface area (Å²) in [6.45, 7) is 0.201. The smallest absolute Gasteiger partial charge is 0.233 e. The highest BCUT2D eigenvalue weighted by Crippen LogP contribution is 2.27. The van der Waals surface area contributed by atoms with Crippen molar-refractivity contribution in [2.75, 3.05) is 7.11 Å². The fourth-order valence-corrected chi connectivity index (χ4v) is 2.84. The van der Waals surface area contributed by atoms with Crippen LogP contribution >= 0.6 is 0 Å². The van der Waals surface area contributed by atoms with Crippen molar-refractivity contribution in [3.8, 4) is 5.75 Å². The molecule has 24 heavy (non-hydrogen) atoms. The number of hydrogen-bond acceptors (Lipinski definition) is 4. The Bertz CT molecular complexity index is 764. The maximum absolute atomic E-state index is 14.1. The molecular weight excluding hydrogens is 311 g/mol. The third kappa shape index (κ3) is 3.27. The molecule has 2 heterocycles. The fourth-order valence-electron chi connectivity index (χ4n) is 2.84. The number of methoxy groups -OCH3 is 1. The predicted molar refractivity (Wildman–Crippen MR) is 84.6 cm³/mol. The van der Waals surface area contributed by atoms with Crippen molar-refractivity contribution in [1.82, 2.24) is 9.88 Å². The molecule has 1 saturated heterocycles. The zero-order valence-electron chi connectivity index (χ0n) is 13.2. The van der Waals surface area contributed by atoms with E-state index in [1.165, 1.54) is 18.1 Å². The summed E-state index contributed by atoms with van der Waals surface area (Å²) in [4.78, 5) is 29.8. The van der Waals surface area contributed by atoms with E-state index in [4.69, 9.17) is 4.74 Å². The standard InChI is InChI=1S/C18H17FN2O3/c1-24-15-5-4-13(16(19)9-15)7-14-8-17(22)21(18(14)23)11-12-3-2-6-20-10-12/h2-6,9-10,14H,7-8,11H2,1H3. The van der Waals surface area contributed by atoms with Gasteiger partial charge >= 0.3 is 0 Å². The highest BCUT2D eigenvalue weighted by atomic mass is 19.1. The van der Waals surface area contributed by atoms with E-state index < -0.39 is 11.7 Å². The van der Waals surface area contributed by atoms with Gasteiger partial charge in [0.15, 0.2) is 0 Å². The second kappa shape index (κ2) is 6.78. The summed E-state index contributed by atoms with van der Waals surface area (Å²) in [5.74, 6) is -1.04. The Kier molecular flexibility index (Phi) is 4.55. The lowest BCUT2D eigenvalue weighted by atomic mass is 9.97. The van der Waals surface area contributed by atoms with Gasteiger partial charge in [-0.15, -0.1) is 0 Å². The summed E-state index contributed by atoms with van der Waals surface area (Å²) < 4.78 is 19.0. The van der Waals surface area contributed by atoms with Gasteiger partial charge in [0.05, 0.1) is 19.6 Å². The van der Waals surface area contributed by atoms with Gasteiger partial charge in [-0.2, -0.15) is 0 Å². The molecule has 1 aliphatic heterocycles. The molecular formula is C18H17FN2O3. The number of likely N-dealkylation sites (tertiary alicyclic amines) is 1. The van der Waals surface area contributed by atoms with Crippen LogP contribution in [0.2, 0.25) is 0 Å². The summed E-state index contributed by atoms with van der Waals surface area (Å²) in [6, 6.07) is 8.08. The number of halogens is 1. The number of rotatable bonds is 5. The number of pyridine rings is 1. The quantitative estimate of drug-likeness (QED) is 0.791. The maximum Gasteiger partial charge on any atom is 0.233 e. The minimum Gasteiger partial charge on any atom is -0.497 e. The molecule has 0 spiro atoms. The number of carbonyl (C=O) groups excluding carboxylic acids is 2. The molecule has 1 unspecified atom stereocenters. The van der Waals surface area contributed by atoms with Crippen LogP contribution in [-0.4, -0.2) is 28.8 Å². The molecule has 1 fully saturated rings. The average molecular weight is 328 g/mol. The molecule has 124 valence electrons. The van der Waals surface area contributed by atoms with Crippen molar-refractivity contribution < 1.29 is 18.7 Å². The number of amides is 2. The van der Waals surface area contributed by atoms with Gasteiger partial charge in [-0.05, 0) is 29.7 Å². The summed E-state index contributed by atoms with van der Waals surface area (Å²) in [5.41, 5.74) is 1.20. The number of benzene rings is 1. The summed E-state index contributed by atoms with van der Waals surface area (Å²) in [7, 11) is 1.46. The molecule has 2 amide bonds. The van der Waals surface area contributed by atoms with E-state index in [9.17, 15) is 14.0 Å². The normalized spacial score (nSPS) is 17.4. The Balaban J connectivity index is 1.72. The molecule has 1 aliphatic rings. The Morgan fingerprint density at radius 2 is 2.17 bits per heavy atom. The molecule has 1 atom stereocenters. The van der Waals surface area contributed by atoms with Gasteiger partial charge in [0.2, 0.25) is 11.8 Å². The first kappa shape index (κ1) is 16.1. The van der Waals surface area contributed by atoms with Crippen LogP contribution in [0.5, 0.6) is 5.75 Å². The highest BCUT2D eigenvalue weighted by molar-refractivity contribution is 6.03. The molecule has 0 N–H and O–H groups in total. The number of imide groups is 1. The zero-order valence-corrected chi connectivity index (χ0v) is 13.2. The van der Waals surface area contributed by atoms with Gasteiger partial charge in [0.25, 0.3) is 0 Å². The van der Waals surface area contributed by atoms with Crippen LogP contribution in [0.3, 0.4) is 0 Å². The van der Waals surface area contributed by atoms with E-state index in [-0.39, 0.29) is 31.2 Å². The molecule has 0 radical (unpaired) electrons. The summed E-state index contributed by atoms with van der Waals surface area (Å²) in [5, 5.41) is 0. The first-order valence-electron chi connectivity index (χ1n) is 7.64. The molecule has 3 rings (SSSR count). The molecule has 0 bridgehead atoms. The van der Waals surface area contributed by atoms with E-state index >= 15 is 0 Å². The number of aromatic nitrogens is 1. The molecule has 1 aromatic carbocycles. The van der Waals surface area contributed by atoms with E-state index in [1.807, 2.05) is 6.07 Å². The van der Waals surface area contributed by atoms with Crippen LogP contribution in [0.15, 0.2) is 42.7 Å². The Hall–Kier alpha value is -2.76. The van der Waals surface area contributed by atoms with E-state index in [0.29, 0.717) is 11.3 Å². The average Bonchev–Trinajstić information content (AvgIpc) is 2.85. The lowest BCUT2D eigenvalue weighted by Gasteiger charge is -2.15. The lowest BCUT2D eigenvalue weighted by Crippen LogP contribution is -2.30. The minimum absolute atomic E-state index is 0.102. The number of carbonyl (C=O) groups is 2. The minimum atomic E-state index is -0.530. The maximum atomic E-state index is 14.1. The van der Waals surface area contributed by atoms with Crippen LogP contribution in [-0.2, 0) is 22.6 Å². The molecule has 6 heteroatoms. The first-order valence-corrected chi connectivity index (χ1v) is 7.64. The molecule has 5 nitrogen and oxygen atoms in total. The van der Waals surface area contributed by atoms with Crippen LogP contribution in [0.1, 0.15) is 17.5 Å². The molecule has 1 aromatic heterocycles. The van der Waals surface area contributed by atoms with Crippen LogP contribution < -0.4 is 4.74 Å². The van der Waals surface area contributed by atoms with E-state index in [0.717, 1.165) is 5.56 Å². The summed E-state index contributed by atoms with van der Waals surface area (Å²) in [6.07, 6.45) is 3.55. The van der Waals surface area contributed by atoms with E-state index in [1.54, 1.807) is 30.6 Å². The van der Waals surface area contributed by atoms with Gasteiger partial charge in [0, 0.05) is 24.9 Å². The van der Waals surface area contributed by atoms with Crippen molar-refractivity contribution in [3.63, 3.8) is 0 Å². The van der Waals surface area contributed by atoms with Crippen LogP contribution in [0, 0.1) is 11.7 Å². The number of hydrogen-bond donors (Lipinski definition) is 0. The molecule has 2 aromatic rings. The first-order chi connectivity index (χ1) is 11.6. The number of ether oxygens (including phenoxy) is 1. The Morgan fingerprint density at radius 1 is 1.33 bits per heavy atom. The fraction of sp³-hybridized carbons (Fsp3) is 0.278. The zero-order chi connectivity index (χ0) is 17.1. The largest absolute Gasteiger partial charge is 0.497 e. The highest BCUT2D eigenvalue weighted by Gasteiger charge is 2.38. The van der Waals surface area contributed by atoms with Crippen molar-refractivity contribution in [3.05, 3.63) is 59.7 Å². The predicted octanol–water partition coefficient (Wildman–Crippen LogP) is 2.35. The third-order valence-electron chi connectivity index (χ3n) is 4.13. The lowest BCUT2D eigenvalue weighted by molar-refractivity contribution is -0.140. The van der Waals surface area contributed by atoms with Gasteiger partial charge < -0.3 is 4.74 Å². The van der Waals surface area contributed by atoms with Crippen LogP contribution in [0.25, 0.3) is 0 Å². The van der Waals surface area contributed by atoms with Crippen molar-refractivity contribution in [1.29, 1.82) is 0 Å². The van der Waals surface area contributed by atoms with Crippen molar-refractivity contribution in [2.24, 2.45) is 5.92 Å². The van der Waals surface area contributed by atoms with Crippen molar-refractivity contribution in [2.45, 2.75) is 19.4 Å². The number of nitrogens with zero attached hydrogens (tertiary/aromatic N) is 2. The Morgan fingerprint density at radius 3 is 2.83 bits per heavy atom. The monoisotopic (exact) mass is 328 g/mol. The van der Waals surface area contributed by atoms with Gasteiger partial charge in [-0.3, -0.25) is 19.5 Å². The van der Waals surface area contributed by atoms with Crippen LogP contribution in [0.4, 0.5) is 4.39 Å². The second-order valence-electron chi connectivity index (χ2n) is 5.74. The SMILES string of the molecule is COc1ccc(CC2CC(=O)N(Cc3cccnc3)C2=O)c(F)c1. The summed E-state index contributed by atoms with van der Waals surface area (Å²) >= 11 is 0. The second-order valence-corrected chi connectivity index (χ2v) is 5.74. The van der Waals surface area contributed by atoms with Crippen molar-refractivity contribution >= 4 is 11.8 Å². The van der Waals surface area contributed by atoms with Gasteiger partial charge in [-0.1, -0.05) is 12.1 Å². The van der Waals surface area contributed by atoms with Gasteiger partial charge in [0.1, 0.15) is 11.6 Å². The molecule has 0 saturated carbocycles. The molecule has 0 aliphatic carbocycles. The topological polar surface area (TPSA) is 59.5 Å². The Labute approximate surface area is 139 Å². The van der Waals surface area contributed by atoms with E-state index in [2.05, 4.69) is 4.98 Å².